The molecule has 3 nitrogen and oxygen atoms in total. The third kappa shape index (κ3) is 4.41. The van der Waals surface area contributed by atoms with Gasteiger partial charge < -0.3 is 9.64 Å². The number of piperidine rings is 1. The summed E-state index contributed by atoms with van der Waals surface area (Å²) in [5.41, 5.74) is 3.51. The van der Waals surface area contributed by atoms with E-state index in [9.17, 15) is 4.39 Å². The summed E-state index contributed by atoms with van der Waals surface area (Å²) in [5, 5.41) is 0. The molecule has 2 fully saturated rings. The average molecular weight is 421 g/mol. The molecule has 0 amide bonds. The van der Waals surface area contributed by atoms with Crippen LogP contribution in [0.2, 0.25) is 0 Å². The lowest BCUT2D eigenvalue weighted by atomic mass is 9.83. The van der Waals surface area contributed by atoms with Gasteiger partial charge in [0.2, 0.25) is 0 Å². The van der Waals surface area contributed by atoms with E-state index in [-0.39, 0.29) is 11.7 Å². The van der Waals surface area contributed by atoms with Crippen molar-refractivity contribution in [1.29, 1.82) is 0 Å². The molecule has 2 aliphatic heterocycles. The summed E-state index contributed by atoms with van der Waals surface area (Å²) in [4.78, 5) is 7.61. The summed E-state index contributed by atoms with van der Waals surface area (Å²) in [6, 6.07) is 4.90. The minimum atomic E-state index is -0.233. The summed E-state index contributed by atoms with van der Waals surface area (Å²) in [5.74, 6) is 3.41. The molecule has 3 atom stereocenters. The molecule has 0 N–H and O–H groups in total. The molecule has 1 saturated heterocycles. The van der Waals surface area contributed by atoms with Crippen molar-refractivity contribution in [3.8, 4) is 5.75 Å². The van der Waals surface area contributed by atoms with Crippen LogP contribution in [0.15, 0.2) is 53.2 Å². The largest absolute Gasteiger partial charge is 0.497 e. The van der Waals surface area contributed by atoms with Crippen LogP contribution in [0.3, 0.4) is 0 Å². The standard InChI is InChI=1S/C27H33FN2O/c1-18-17-30(15-13-23(18)19-5-6-19)14-3-4-21-9-7-20-8-11-24(27(20)29-21)25-16-22(31-2)10-12-26(25)28/h7-12,16,18-20,23H,3-6,13-15,17H2,1-2H3. The van der Waals surface area contributed by atoms with Crippen LogP contribution in [0, 0.1) is 29.5 Å². The molecular formula is C27H33FN2O. The Morgan fingerprint density at radius 1 is 1.16 bits per heavy atom. The molecular weight excluding hydrogens is 387 g/mol. The number of hydrogen-bond acceptors (Lipinski definition) is 3. The Morgan fingerprint density at radius 3 is 2.77 bits per heavy atom. The van der Waals surface area contributed by atoms with Crippen molar-refractivity contribution in [2.24, 2.45) is 28.7 Å². The predicted molar refractivity (Wildman–Crippen MR) is 125 cm³/mol. The summed E-state index contributed by atoms with van der Waals surface area (Å²) >= 11 is 0. The van der Waals surface area contributed by atoms with E-state index in [2.05, 4.69) is 30.1 Å². The lowest BCUT2D eigenvalue weighted by Gasteiger charge is -2.37. The van der Waals surface area contributed by atoms with Crippen molar-refractivity contribution >= 4 is 11.3 Å². The number of halogens is 1. The molecule has 2 heterocycles. The zero-order valence-electron chi connectivity index (χ0n) is 18.7. The van der Waals surface area contributed by atoms with Crippen molar-refractivity contribution in [2.45, 2.75) is 39.0 Å². The van der Waals surface area contributed by atoms with E-state index in [1.54, 1.807) is 19.2 Å². The number of fused-ring (bicyclic) bond motifs is 1. The number of aliphatic imine (C=N–C) groups is 1. The first-order chi connectivity index (χ1) is 15.1. The van der Waals surface area contributed by atoms with Crippen molar-refractivity contribution in [3.63, 3.8) is 0 Å². The molecule has 31 heavy (non-hydrogen) atoms. The highest BCUT2D eigenvalue weighted by Gasteiger charge is 2.37. The number of dihydropyridines is 1. The average Bonchev–Trinajstić information content (AvgIpc) is 3.53. The van der Waals surface area contributed by atoms with Gasteiger partial charge in [-0.3, -0.25) is 4.99 Å². The summed E-state index contributed by atoms with van der Waals surface area (Å²) in [6.45, 7) is 6.10. The van der Waals surface area contributed by atoms with Crippen LogP contribution in [0.25, 0.3) is 5.57 Å². The lowest BCUT2D eigenvalue weighted by Crippen LogP contribution is -2.40. The van der Waals surface area contributed by atoms with E-state index in [0.717, 1.165) is 54.1 Å². The predicted octanol–water partition coefficient (Wildman–Crippen LogP) is 5.89. The fraction of sp³-hybridized carbons (Fsp3) is 0.519. The molecule has 3 unspecified atom stereocenters. The topological polar surface area (TPSA) is 24.8 Å². The Bertz CT molecular complexity index is 956. The fourth-order valence-corrected chi connectivity index (χ4v) is 5.62. The zero-order valence-corrected chi connectivity index (χ0v) is 18.7. The van der Waals surface area contributed by atoms with Crippen LogP contribution in [-0.4, -0.2) is 37.4 Å². The first kappa shape index (κ1) is 20.7. The first-order valence-corrected chi connectivity index (χ1v) is 11.9. The number of rotatable bonds is 7. The third-order valence-corrected chi connectivity index (χ3v) is 7.48. The van der Waals surface area contributed by atoms with Gasteiger partial charge in [-0.2, -0.15) is 0 Å². The molecule has 1 aromatic carbocycles. The van der Waals surface area contributed by atoms with Crippen LogP contribution in [0.4, 0.5) is 4.39 Å². The summed E-state index contributed by atoms with van der Waals surface area (Å²) in [6.07, 6.45) is 14.9. The number of likely N-dealkylation sites (tertiary alicyclic amines) is 1. The minimum Gasteiger partial charge on any atom is -0.497 e. The van der Waals surface area contributed by atoms with Crippen LogP contribution in [-0.2, 0) is 0 Å². The Morgan fingerprint density at radius 2 is 2.00 bits per heavy atom. The highest BCUT2D eigenvalue weighted by atomic mass is 19.1. The minimum absolute atomic E-state index is 0.145. The van der Waals surface area contributed by atoms with E-state index in [4.69, 9.17) is 9.73 Å². The molecule has 4 heteroatoms. The fourth-order valence-electron chi connectivity index (χ4n) is 5.62. The Labute approximate surface area is 185 Å². The number of hydrogen-bond donors (Lipinski definition) is 0. The van der Waals surface area contributed by atoms with Crippen LogP contribution in [0.5, 0.6) is 5.75 Å². The molecule has 1 aromatic rings. The van der Waals surface area contributed by atoms with Crippen LogP contribution < -0.4 is 4.74 Å². The van der Waals surface area contributed by atoms with E-state index in [1.165, 1.54) is 38.4 Å². The second-order valence-electron chi connectivity index (χ2n) is 9.66. The number of nitrogens with zero attached hydrogens (tertiary/aromatic N) is 2. The Kier molecular flexibility index (Phi) is 5.83. The monoisotopic (exact) mass is 420 g/mol. The lowest BCUT2D eigenvalue weighted by molar-refractivity contribution is 0.116. The van der Waals surface area contributed by atoms with Gasteiger partial charge in [-0.25, -0.2) is 4.39 Å². The van der Waals surface area contributed by atoms with Crippen molar-refractivity contribution < 1.29 is 9.13 Å². The molecule has 4 aliphatic rings. The van der Waals surface area contributed by atoms with Crippen molar-refractivity contribution in [3.05, 3.63) is 59.6 Å². The van der Waals surface area contributed by atoms with E-state index in [0.29, 0.717) is 11.3 Å². The van der Waals surface area contributed by atoms with Gasteiger partial charge in [-0.15, -0.1) is 0 Å². The molecule has 1 saturated carbocycles. The van der Waals surface area contributed by atoms with E-state index in [1.807, 2.05) is 6.08 Å². The number of benzene rings is 1. The molecule has 0 spiro atoms. The Balaban J connectivity index is 1.23. The number of methoxy groups -OCH3 is 1. The Hall–Kier alpha value is -2.20. The van der Waals surface area contributed by atoms with Crippen LogP contribution in [0.1, 0.15) is 44.6 Å². The molecule has 0 radical (unpaired) electrons. The van der Waals surface area contributed by atoms with Gasteiger partial charge in [0.1, 0.15) is 11.6 Å². The molecule has 2 aliphatic carbocycles. The van der Waals surface area contributed by atoms with Gasteiger partial charge >= 0.3 is 0 Å². The quantitative estimate of drug-likeness (QED) is 0.549. The summed E-state index contributed by atoms with van der Waals surface area (Å²) < 4.78 is 19.8. The van der Waals surface area contributed by atoms with Gasteiger partial charge in [-0.05, 0) is 87.2 Å². The van der Waals surface area contributed by atoms with Gasteiger partial charge in [0.05, 0.1) is 12.8 Å². The molecule has 5 rings (SSSR count). The summed E-state index contributed by atoms with van der Waals surface area (Å²) in [7, 11) is 1.61. The molecule has 164 valence electrons. The zero-order chi connectivity index (χ0) is 21.4. The number of ether oxygens (including phenoxy) is 1. The highest BCUT2D eigenvalue weighted by molar-refractivity contribution is 5.98. The SMILES string of the molecule is COc1ccc(F)c(C2=C3N=C(CCCN4CCC(C5CC5)C(C)C4)C=CC3C=C2)c1. The molecule has 0 aromatic heterocycles. The number of allylic oxidation sites excluding steroid dienone is 4. The smallest absolute Gasteiger partial charge is 0.131 e. The second kappa shape index (κ2) is 8.74. The maximum Gasteiger partial charge on any atom is 0.131 e. The van der Waals surface area contributed by atoms with Gasteiger partial charge in [0.15, 0.2) is 0 Å². The highest BCUT2D eigenvalue weighted by Crippen LogP contribution is 2.44. The van der Waals surface area contributed by atoms with Gasteiger partial charge in [0.25, 0.3) is 0 Å². The van der Waals surface area contributed by atoms with Crippen molar-refractivity contribution in [1.82, 2.24) is 4.90 Å². The van der Waals surface area contributed by atoms with Gasteiger partial charge in [0, 0.05) is 29.3 Å². The van der Waals surface area contributed by atoms with E-state index < -0.39 is 0 Å². The first-order valence-electron chi connectivity index (χ1n) is 11.9. The maximum absolute atomic E-state index is 14.5. The second-order valence-corrected chi connectivity index (χ2v) is 9.66. The van der Waals surface area contributed by atoms with Gasteiger partial charge in [-0.1, -0.05) is 25.2 Å². The molecule has 0 bridgehead atoms. The van der Waals surface area contributed by atoms with E-state index >= 15 is 0 Å². The van der Waals surface area contributed by atoms with Crippen LogP contribution >= 0.6 is 0 Å². The van der Waals surface area contributed by atoms with Crippen molar-refractivity contribution in [2.75, 3.05) is 26.7 Å². The maximum atomic E-state index is 14.5. The normalized spacial score (nSPS) is 28.1. The third-order valence-electron chi connectivity index (χ3n) is 7.48.